The van der Waals surface area contributed by atoms with E-state index in [9.17, 15) is 18.0 Å². The summed E-state index contributed by atoms with van der Waals surface area (Å²) in [6.07, 6.45) is 0.431. The Morgan fingerprint density at radius 2 is 1.67 bits per heavy atom. The quantitative estimate of drug-likeness (QED) is 0.647. The van der Waals surface area contributed by atoms with Crippen LogP contribution in [0.2, 0.25) is 0 Å². The zero-order valence-electron chi connectivity index (χ0n) is 17.2. The molecule has 3 rings (SSSR count). The Balaban J connectivity index is 1.65. The molecular weight excluding hydrogens is 406 g/mol. The number of sulfonamides is 1. The third kappa shape index (κ3) is 3.90. The van der Waals surface area contributed by atoms with Crippen LogP contribution in [0.25, 0.3) is 0 Å². The fraction of sp³-hybridized carbons (Fsp3) is 0.333. The van der Waals surface area contributed by atoms with Gasteiger partial charge in [0.1, 0.15) is 17.9 Å². The van der Waals surface area contributed by atoms with E-state index in [0.717, 1.165) is 14.8 Å². The summed E-state index contributed by atoms with van der Waals surface area (Å²) >= 11 is 0. The molecule has 2 aromatic rings. The van der Waals surface area contributed by atoms with E-state index in [4.69, 9.17) is 4.74 Å². The first-order valence-corrected chi connectivity index (χ1v) is 11.0. The molecule has 2 aromatic carbocycles. The number of nitrogens with zero attached hydrogens (tertiary/aromatic N) is 2. The van der Waals surface area contributed by atoms with E-state index in [-0.39, 0.29) is 24.0 Å². The van der Waals surface area contributed by atoms with Crippen LogP contribution in [-0.4, -0.2) is 56.8 Å². The lowest BCUT2D eigenvalue weighted by molar-refractivity contribution is -0.132. The first-order valence-electron chi connectivity index (χ1n) is 9.57. The van der Waals surface area contributed by atoms with Crippen molar-refractivity contribution in [2.45, 2.75) is 23.8 Å². The monoisotopic (exact) mass is 431 g/mol. The molecule has 160 valence electrons. The van der Waals surface area contributed by atoms with E-state index in [1.54, 1.807) is 12.1 Å². The molecule has 9 heteroatoms. The van der Waals surface area contributed by atoms with Gasteiger partial charge in [-0.25, -0.2) is 17.5 Å². The fourth-order valence-electron chi connectivity index (χ4n) is 3.36. The minimum atomic E-state index is -3.51. The third-order valence-electron chi connectivity index (χ3n) is 5.16. The van der Waals surface area contributed by atoms with Crippen LogP contribution in [-0.2, 0) is 20.4 Å². The molecule has 1 saturated heterocycles. The zero-order chi connectivity index (χ0) is 21.9. The second-order valence-corrected chi connectivity index (χ2v) is 9.27. The van der Waals surface area contributed by atoms with E-state index in [1.807, 2.05) is 37.3 Å². The summed E-state index contributed by atoms with van der Waals surface area (Å²) in [7, 11) is -0.588. The number of carbonyl (C=O) groups is 2. The highest BCUT2D eigenvalue weighted by atomic mass is 32.2. The van der Waals surface area contributed by atoms with Crippen molar-refractivity contribution in [3.63, 3.8) is 0 Å². The van der Waals surface area contributed by atoms with E-state index < -0.39 is 21.6 Å². The number of urea groups is 1. The molecule has 0 radical (unpaired) electrons. The standard InChI is InChI=1S/C21H25N3O5S/c1-4-21(16-8-6-5-7-9-16)19(25)24(20(26)22-21)14-15-29-17-10-12-18(13-11-17)30(27,28)23(2)3/h5-13H,4,14-15H2,1-3H3,(H,22,26). The molecule has 1 aliphatic rings. The highest BCUT2D eigenvalue weighted by Crippen LogP contribution is 2.32. The lowest BCUT2D eigenvalue weighted by Crippen LogP contribution is -2.43. The normalized spacial score (nSPS) is 19.3. The van der Waals surface area contributed by atoms with Gasteiger partial charge in [0, 0.05) is 14.1 Å². The first-order chi connectivity index (χ1) is 14.2. The molecule has 1 heterocycles. The van der Waals surface area contributed by atoms with Crippen molar-refractivity contribution >= 4 is 22.0 Å². The fourth-order valence-corrected chi connectivity index (χ4v) is 4.27. The second-order valence-electron chi connectivity index (χ2n) is 7.12. The van der Waals surface area contributed by atoms with Gasteiger partial charge in [0.15, 0.2) is 0 Å². The second kappa shape index (κ2) is 8.45. The van der Waals surface area contributed by atoms with Gasteiger partial charge in [-0.2, -0.15) is 0 Å². The van der Waals surface area contributed by atoms with Gasteiger partial charge in [-0.15, -0.1) is 0 Å². The first kappa shape index (κ1) is 21.8. The summed E-state index contributed by atoms with van der Waals surface area (Å²) < 4.78 is 31.0. The zero-order valence-corrected chi connectivity index (χ0v) is 18.0. The van der Waals surface area contributed by atoms with Gasteiger partial charge in [-0.1, -0.05) is 37.3 Å². The minimum Gasteiger partial charge on any atom is -0.492 e. The van der Waals surface area contributed by atoms with Crippen molar-refractivity contribution in [1.29, 1.82) is 0 Å². The number of amides is 3. The SMILES string of the molecule is CCC1(c2ccccc2)NC(=O)N(CCOc2ccc(S(=O)(=O)N(C)C)cc2)C1=O. The van der Waals surface area contributed by atoms with Crippen LogP contribution in [0.15, 0.2) is 59.5 Å². The number of hydrogen-bond donors (Lipinski definition) is 1. The van der Waals surface area contributed by atoms with Gasteiger partial charge in [0.25, 0.3) is 5.91 Å². The third-order valence-corrected chi connectivity index (χ3v) is 6.99. The number of carbonyl (C=O) groups excluding carboxylic acids is 2. The van der Waals surface area contributed by atoms with Crippen LogP contribution in [0.4, 0.5) is 4.79 Å². The minimum absolute atomic E-state index is 0.0804. The highest BCUT2D eigenvalue weighted by molar-refractivity contribution is 7.89. The molecule has 30 heavy (non-hydrogen) atoms. The van der Waals surface area contributed by atoms with Crippen LogP contribution in [0, 0.1) is 0 Å². The Morgan fingerprint density at radius 1 is 1.03 bits per heavy atom. The van der Waals surface area contributed by atoms with E-state index >= 15 is 0 Å². The Hall–Kier alpha value is -2.91. The topological polar surface area (TPSA) is 96.0 Å². The van der Waals surface area contributed by atoms with Crippen molar-refractivity contribution in [2.24, 2.45) is 0 Å². The number of nitrogens with one attached hydrogen (secondary N) is 1. The highest BCUT2D eigenvalue weighted by Gasteiger charge is 2.50. The largest absolute Gasteiger partial charge is 0.492 e. The van der Waals surface area contributed by atoms with Gasteiger partial charge in [-0.3, -0.25) is 9.69 Å². The lowest BCUT2D eigenvalue weighted by atomic mass is 9.87. The molecule has 0 aliphatic carbocycles. The maximum absolute atomic E-state index is 13.0. The van der Waals surface area contributed by atoms with E-state index in [2.05, 4.69) is 5.32 Å². The van der Waals surface area contributed by atoms with Crippen molar-refractivity contribution in [3.05, 3.63) is 60.2 Å². The molecule has 0 bridgehead atoms. The summed E-state index contributed by atoms with van der Waals surface area (Å²) in [4.78, 5) is 26.8. The average molecular weight is 432 g/mol. The van der Waals surface area contributed by atoms with Gasteiger partial charge in [0.05, 0.1) is 11.4 Å². The Kier molecular flexibility index (Phi) is 6.14. The smallest absolute Gasteiger partial charge is 0.325 e. The molecule has 3 amide bonds. The summed E-state index contributed by atoms with van der Waals surface area (Å²) in [6.45, 7) is 2.03. The van der Waals surface area contributed by atoms with E-state index in [0.29, 0.717) is 12.2 Å². The van der Waals surface area contributed by atoms with Crippen LogP contribution in [0.1, 0.15) is 18.9 Å². The van der Waals surface area contributed by atoms with Crippen molar-refractivity contribution in [2.75, 3.05) is 27.2 Å². The number of hydrogen-bond acceptors (Lipinski definition) is 5. The number of benzene rings is 2. The lowest BCUT2D eigenvalue weighted by Gasteiger charge is -2.25. The summed E-state index contributed by atoms with van der Waals surface area (Å²) in [5.74, 6) is 0.141. The predicted molar refractivity (Wildman–Crippen MR) is 111 cm³/mol. The average Bonchev–Trinajstić information content (AvgIpc) is 2.99. The van der Waals surface area contributed by atoms with Crippen LogP contribution >= 0.6 is 0 Å². The van der Waals surface area contributed by atoms with Gasteiger partial charge in [-0.05, 0) is 36.2 Å². The Labute approximate surface area is 176 Å². The molecule has 0 saturated carbocycles. The molecule has 1 N–H and O–H groups in total. The van der Waals surface area contributed by atoms with Crippen LogP contribution < -0.4 is 10.1 Å². The molecule has 1 aliphatic heterocycles. The maximum Gasteiger partial charge on any atom is 0.325 e. The Morgan fingerprint density at radius 3 is 2.23 bits per heavy atom. The van der Waals surface area contributed by atoms with Crippen molar-refractivity contribution in [1.82, 2.24) is 14.5 Å². The molecule has 1 fully saturated rings. The van der Waals surface area contributed by atoms with Gasteiger partial charge < -0.3 is 10.1 Å². The summed E-state index contributed by atoms with van der Waals surface area (Å²) in [5.41, 5.74) is -0.326. The predicted octanol–water partition coefficient (Wildman–Crippen LogP) is 2.17. The van der Waals surface area contributed by atoms with Crippen LogP contribution in [0.5, 0.6) is 5.75 Å². The van der Waals surface area contributed by atoms with Crippen molar-refractivity contribution in [3.8, 4) is 5.75 Å². The van der Waals surface area contributed by atoms with Crippen molar-refractivity contribution < 1.29 is 22.7 Å². The Bertz CT molecular complexity index is 1020. The molecule has 8 nitrogen and oxygen atoms in total. The molecule has 0 aromatic heterocycles. The molecule has 0 spiro atoms. The van der Waals surface area contributed by atoms with Gasteiger partial charge in [0.2, 0.25) is 10.0 Å². The molecule has 1 atom stereocenters. The summed E-state index contributed by atoms with van der Waals surface area (Å²) in [6, 6.07) is 14.7. The molecule has 1 unspecified atom stereocenters. The number of imide groups is 1. The number of ether oxygens (including phenoxy) is 1. The van der Waals surface area contributed by atoms with Gasteiger partial charge >= 0.3 is 6.03 Å². The maximum atomic E-state index is 13.0. The summed E-state index contributed by atoms with van der Waals surface area (Å²) in [5, 5.41) is 2.83. The molecular formula is C21H25N3O5S. The van der Waals surface area contributed by atoms with Crippen LogP contribution in [0.3, 0.4) is 0 Å². The number of rotatable bonds is 8. The van der Waals surface area contributed by atoms with E-state index in [1.165, 1.54) is 26.2 Å².